The smallest absolute Gasteiger partial charge is 0.227 e. The van der Waals surface area contributed by atoms with E-state index in [1.807, 2.05) is 42.7 Å². The highest BCUT2D eigenvalue weighted by Crippen LogP contribution is 2.37. The number of hydrogen-bond acceptors (Lipinski definition) is 6. The minimum atomic E-state index is -0.456. The van der Waals surface area contributed by atoms with E-state index < -0.39 is 6.17 Å². The Hall–Kier alpha value is -6.66. The highest BCUT2D eigenvalue weighted by atomic mass is 16.3. The molecule has 230 valence electrons. The van der Waals surface area contributed by atoms with Gasteiger partial charge in [0.2, 0.25) is 5.71 Å². The lowest BCUT2D eigenvalue weighted by Crippen LogP contribution is -2.34. The quantitative estimate of drug-likeness (QED) is 0.197. The van der Waals surface area contributed by atoms with Crippen molar-refractivity contribution in [3.8, 4) is 11.1 Å². The standard InChI is InChI=1S/C43H27N5O/c1-2-8-26(9-3-1)27-15-20-30(21-16-27)40-46-41(33-12-6-14-36-39(33)34-13-7-23-45-43(34)49-36)48-42(47-40)35-25-44-24-31-22-19-29-18-17-28-10-4-5-11-32(28)37(29)38(31)35/h1-25,41H,(H,46,47,48). The number of nitrogens with one attached hydrogen (secondary N) is 1. The second kappa shape index (κ2) is 11.0. The van der Waals surface area contributed by atoms with Crippen LogP contribution >= 0.6 is 0 Å². The Morgan fingerprint density at radius 3 is 2.20 bits per heavy atom. The minimum Gasteiger partial charge on any atom is -0.438 e. The van der Waals surface area contributed by atoms with Crippen molar-refractivity contribution in [3.05, 3.63) is 169 Å². The number of furan rings is 1. The van der Waals surface area contributed by atoms with E-state index in [4.69, 9.17) is 19.4 Å². The summed E-state index contributed by atoms with van der Waals surface area (Å²) in [5.74, 6) is 1.35. The minimum absolute atomic E-state index is 0.456. The molecule has 6 aromatic carbocycles. The number of aromatic nitrogens is 2. The molecule has 49 heavy (non-hydrogen) atoms. The van der Waals surface area contributed by atoms with E-state index in [1.54, 1.807) is 6.20 Å². The van der Waals surface area contributed by atoms with Gasteiger partial charge in [-0.15, -0.1) is 0 Å². The van der Waals surface area contributed by atoms with Crippen LogP contribution in [0.4, 0.5) is 0 Å². The van der Waals surface area contributed by atoms with Crippen molar-refractivity contribution < 1.29 is 4.42 Å². The number of aliphatic imine (C=N–C) groups is 2. The van der Waals surface area contributed by atoms with Crippen LogP contribution in [-0.2, 0) is 0 Å². The average Bonchev–Trinajstić information content (AvgIpc) is 3.57. The molecule has 3 aromatic heterocycles. The summed E-state index contributed by atoms with van der Waals surface area (Å²) >= 11 is 0. The molecule has 0 amide bonds. The Labute approximate surface area is 281 Å². The Bertz CT molecular complexity index is 2790. The van der Waals surface area contributed by atoms with E-state index in [0.29, 0.717) is 17.4 Å². The molecule has 0 bridgehead atoms. The summed E-state index contributed by atoms with van der Waals surface area (Å²) in [6.45, 7) is 0. The number of hydrogen-bond donors (Lipinski definition) is 1. The van der Waals surface area contributed by atoms with Crippen LogP contribution in [0.1, 0.15) is 22.9 Å². The molecule has 4 heterocycles. The van der Waals surface area contributed by atoms with Crippen LogP contribution in [0, 0.1) is 0 Å². The van der Waals surface area contributed by atoms with Crippen molar-refractivity contribution in [1.82, 2.24) is 15.3 Å². The molecule has 0 spiro atoms. The van der Waals surface area contributed by atoms with E-state index in [-0.39, 0.29) is 0 Å². The number of fused-ring (bicyclic) bond motifs is 8. The van der Waals surface area contributed by atoms with Gasteiger partial charge in [0.05, 0.1) is 0 Å². The Kier molecular flexibility index (Phi) is 6.14. The summed E-state index contributed by atoms with van der Waals surface area (Å²) in [7, 11) is 0. The molecule has 10 rings (SSSR count). The lowest BCUT2D eigenvalue weighted by Gasteiger charge is -2.25. The van der Waals surface area contributed by atoms with Crippen LogP contribution in [-0.4, -0.2) is 21.6 Å². The topological polar surface area (TPSA) is 75.7 Å². The normalized spacial score (nSPS) is 14.7. The monoisotopic (exact) mass is 629 g/mol. The third-order valence-electron chi connectivity index (χ3n) is 9.48. The van der Waals surface area contributed by atoms with E-state index in [1.165, 1.54) is 21.5 Å². The van der Waals surface area contributed by atoms with Crippen molar-refractivity contribution in [2.75, 3.05) is 0 Å². The Morgan fingerprint density at radius 2 is 1.31 bits per heavy atom. The maximum absolute atomic E-state index is 6.18. The predicted octanol–water partition coefficient (Wildman–Crippen LogP) is 10.00. The highest BCUT2D eigenvalue weighted by molar-refractivity contribution is 6.27. The molecular weight excluding hydrogens is 603 g/mol. The van der Waals surface area contributed by atoms with Gasteiger partial charge in [0, 0.05) is 56.8 Å². The van der Waals surface area contributed by atoms with Crippen molar-refractivity contribution in [2.24, 2.45) is 9.98 Å². The van der Waals surface area contributed by atoms with Gasteiger partial charge in [0.15, 0.2) is 5.84 Å². The molecule has 0 radical (unpaired) electrons. The van der Waals surface area contributed by atoms with Gasteiger partial charge in [0.1, 0.15) is 17.6 Å². The number of amidine groups is 2. The molecule has 1 aliphatic rings. The first-order valence-corrected chi connectivity index (χ1v) is 16.3. The van der Waals surface area contributed by atoms with E-state index in [0.717, 1.165) is 54.9 Å². The highest BCUT2D eigenvalue weighted by Gasteiger charge is 2.26. The maximum atomic E-state index is 6.18. The third-order valence-corrected chi connectivity index (χ3v) is 9.48. The molecule has 6 nitrogen and oxygen atoms in total. The van der Waals surface area contributed by atoms with Crippen LogP contribution in [0.25, 0.3) is 65.5 Å². The van der Waals surface area contributed by atoms with Gasteiger partial charge in [-0.1, -0.05) is 115 Å². The Morgan fingerprint density at radius 1 is 0.551 bits per heavy atom. The van der Waals surface area contributed by atoms with Gasteiger partial charge < -0.3 is 9.73 Å². The summed E-state index contributed by atoms with van der Waals surface area (Å²) in [5.41, 5.74) is 6.51. The van der Waals surface area contributed by atoms with Crippen LogP contribution in [0.15, 0.2) is 166 Å². The SMILES string of the molecule is c1ccc(-c2ccc(C3=NC(c4cccc5oc6ncccc6c45)NC(c4cncc5ccc6ccc7ccccc7c6c45)=N3)cc2)cc1. The van der Waals surface area contributed by atoms with Gasteiger partial charge in [-0.05, 0) is 50.9 Å². The summed E-state index contributed by atoms with van der Waals surface area (Å²) in [4.78, 5) is 19.7. The van der Waals surface area contributed by atoms with E-state index in [9.17, 15) is 0 Å². The van der Waals surface area contributed by atoms with Gasteiger partial charge in [-0.3, -0.25) is 4.98 Å². The second-order valence-electron chi connectivity index (χ2n) is 12.3. The largest absolute Gasteiger partial charge is 0.438 e. The molecule has 1 unspecified atom stereocenters. The molecule has 1 N–H and O–H groups in total. The molecule has 6 heteroatoms. The summed E-state index contributed by atoms with van der Waals surface area (Å²) in [6.07, 6.45) is 5.16. The van der Waals surface area contributed by atoms with Crippen LogP contribution in [0.5, 0.6) is 0 Å². The average molecular weight is 630 g/mol. The number of nitrogens with zero attached hydrogens (tertiary/aromatic N) is 4. The maximum Gasteiger partial charge on any atom is 0.227 e. The van der Waals surface area contributed by atoms with Crippen molar-refractivity contribution in [1.29, 1.82) is 0 Å². The molecule has 0 aliphatic carbocycles. The fourth-order valence-corrected chi connectivity index (χ4v) is 7.18. The first-order valence-electron chi connectivity index (χ1n) is 16.3. The molecule has 0 saturated carbocycles. The number of benzene rings is 6. The molecular formula is C43H27N5O. The van der Waals surface area contributed by atoms with Crippen LogP contribution in [0.2, 0.25) is 0 Å². The van der Waals surface area contributed by atoms with Crippen molar-refractivity contribution >= 4 is 66.1 Å². The number of rotatable bonds is 4. The first kappa shape index (κ1) is 27.5. The van der Waals surface area contributed by atoms with Gasteiger partial charge >= 0.3 is 0 Å². The summed E-state index contributed by atoms with van der Waals surface area (Å²) < 4.78 is 6.18. The molecule has 9 aromatic rings. The third kappa shape index (κ3) is 4.49. The molecule has 1 aliphatic heterocycles. The fraction of sp³-hybridized carbons (Fsp3) is 0.0233. The van der Waals surface area contributed by atoms with Gasteiger partial charge in [-0.2, -0.15) is 0 Å². The second-order valence-corrected chi connectivity index (χ2v) is 12.3. The zero-order valence-corrected chi connectivity index (χ0v) is 26.2. The molecule has 0 saturated heterocycles. The van der Waals surface area contributed by atoms with Crippen molar-refractivity contribution in [3.63, 3.8) is 0 Å². The zero-order chi connectivity index (χ0) is 32.3. The zero-order valence-electron chi connectivity index (χ0n) is 26.2. The van der Waals surface area contributed by atoms with Gasteiger partial charge in [-0.25, -0.2) is 15.0 Å². The van der Waals surface area contributed by atoms with E-state index >= 15 is 0 Å². The summed E-state index contributed by atoms with van der Waals surface area (Å²) in [5, 5.41) is 12.6. The van der Waals surface area contributed by atoms with Crippen molar-refractivity contribution in [2.45, 2.75) is 6.17 Å². The first-order chi connectivity index (χ1) is 24.3. The number of pyridine rings is 2. The lowest BCUT2D eigenvalue weighted by atomic mass is 9.94. The predicted molar refractivity (Wildman–Crippen MR) is 199 cm³/mol. The van der Waals surface area contributed by atoms with Gasteiger partial charge in [0.25, 0.3) is 0 Å². The van der Waals surface area contributed by atoms with Crippen LogP contribution < -0.4 is 5.32 Å². The van der Waals surface area contributed by atoms with Crippen LogP contribution in [0.3, 0.4) is 0 Å². The summed E-state index contributed by atoms with van der Waals surface area (Å²) in [6, 6.07) is 46.2. The van der Waals surface area contributed by atoms with E-state index in [2.05, 4.69) is 113 Å². The molecule has 0 fully saturated rings. The molecule has 1 atom stereocenters. The fourth-order valence-electron chi connectivity index (χ4n) is 7.18. The lowest BCUT2D eigenvalue weighted by molar-refractivity contribution is 0.650. The Balaban J connectivity index is 1.20.